The number of hydrogen-bond donors (Lipinski definition) is 3. The number of rotatable bonds is 0. The van der Waals surface area contributed by atoms with Crippen molar-refractivity contribution >= 4 is 22.2 Å². The fraction of sp³-hybridized carbons (Fsp3) is 0. The van der Waals surface area contributed by atoms with E-state index >= 15 is 0 Å². The topological polar surface area (TPSA) is 96.2 Å². The normalized spacial score (nSPS) is 11.2. The average Bonchev–Trinajstić information content (AvgIpc) is 2.58. The maximum Gasteiger partial charge on any atom is 0.289 e. The average molecular weight is 216 g/mol. The van der Waals surface area contributed by atoms with E-state index < -0.39 is 5.56 Å². The Hall–Kier alpha value is -2.50. The van der Waals surface area contributed by atoms with Crippen molar-refractivity contribution < 1.29 is 0 Å². The van der Waals surface area contributed by atoms with Gasteiger partial charge in [-0.1, -0.05) is 12.1 Å². The SMILES string of the molecule is Nc1c(=O)[nH]n2c(=O)c3ccccc3[nH]c12. The molecule has 0 saturated carbocycles. The zero-order chi connectivity index (χ0) is 11.3. The first-order valence-corrected chi connectivity index (χ1v) is 4.70. The first-order valence-electron chi connectivity index (χ1n) is 4.70. The third-order valence-corrected chi connectivity index (χ3v) is 2.55. The Balaban J connectivity index is 2.72. The van der Waals surface area contributed by atoms with Crippen molar-refractivity contribution in [1.82, 2.24) is 14.6 Å². The van der Waals surface area contributed by atoms with E-state index in [4.69, 9.17) is 5.73 Å². The molecule has 4 N–H and O–H groups in total. The van der Waals surface area contributed by atoms with Gasteiger partial charge in [-0.05, 0) is 12.1 Å². The fourth-order valence-electron chi connectivity index (χ4n) is 1.75. The van der Waals surface area contributed by atoms with Crippen molar-refractivity contribution in [3.8, 4) is 0 Å². The summed E-state index contributed by atoms with van der Waals surface area (Å²) in [5, 5.41) is 2.88. The second-order valence-electron chi connectivity index (χ2n) is 3.51. The summed E-state index contributed by atoms with van der Waals surface area (Å²) < 4.78 is 1.12. The molecule has 0 spiro atoms. The predicted molar refractivity (Wildman–Crippen MR) is 60.6 cm³/mol. The van der Waals surface area contributed by atoms with Gasteiger partial charge in [0.05, 0.1) is 10.9 Å². The van der Waals surface area contributed by atoms with Gasteiger partial charge < -0.3 is 10.7 Å². The summed E-state index contributed by atoms with van der Waals surface area (Å²) in [6.45, 7) is 0. The summed E-state index contributed by atoms with van der Waals surface area (Å²) in [6.07, 6.45) is 0. The number of nitrogens with zero attached hydrogens (tertiary/aromatic N) is 1. The van der Waals surface area contributed by atoms with Crippen LogP contribution in [0.2, 0.25) is 0 Å². The van der Waals surface area contributed by atoms with Gasteiger partial charge in [-0.15, -0.1) is 0 Å². The minimum Gasteiger partial charge on any atom is -0.391 e. The van der Waals surface area contributed by atoms with Crippen molar-refractivity contribution in [3.63, 3.8) is 0 Å². The number of para-hydroxylation sites is 1. The Kier molecular flexibility index (Phi) is 1.51. The Morgan fingerprint density at radius 1 is 1.19 bits per heavy atom. The molecule has 3 rings (SSSR count). The van der Waals surface area contributed by atoms with E-state index in [1.54, 1.807) is 24.3 Å². The van der Waals surface area contributed by atoms with Crippen LogP contribution >= 0.6 is 0 Å². The van der Waals surface area contributed by atoms with Crippen molar-refractivity contribution in [2.24, 2.45) is 0 Å². The molecule has 2 aromatic heterocycles. The fourth-order valence-corrected chi connectivity index (χ4v) is 1.75. The van der Waals surface area contributed by atoms with Crippen molar-refractivity contribution in [2.45, 2.75) is 0 Å². The quantitative estimate of drug-likeness (QED) is 0.495. The third-order valence-electron chi connectivity index (χ3n) is 2.55. The van der Waals surface area contributed by atoms with E-state index in [-0.39, 0.29) is 11.2 Å². The second kappa shape index (κ2) is 2.75. The summed E-state index contributed by atoms with van der Waals surface area (Å²) >= 11 is 0. The van der Waals surface area contributed by atoms with Crippen LogP contribution in [0, 0.1) is 0 Å². The van der Waals surface area contributed by atoms with Crippen molar-refractivity contribution in [3.05, 3.63) is 45.0 Å². The second-order valence-corrected chi connectivity index (χ2v) is 3.51. The van der Waals surface area contributed by atoms with Crippen LogP contribution in [-0.4, -0.2) is 14.6 Å². The van der Waals surface area contributed by atoms with E-state index in [1.807, 2.05) is 0 Å². The molecule has 6 nitrogen and oxygen atoms in total. The lowest BCUT2D eigenvalue weighted by Crippen LogP contribution is -2.16. The van der Waals surface area contributed by atoms with Crippen LogP contribution in [0.25, 0.3) is 16.6 Å². The molecule has 0 atom stereocenters. The Labute approximate surface area is 88.3 Å². The Morgan fingerprint density at radius 3 is 2.75 bits per heavy atom. The summed E-state index contributed by atoms with van der Waals surface area (Å²) in [4.78, 5) is 26.2. The predicted octanol–water partition coefficient (Wildman–Crippen LogP) is 0.0513. The minimum atomic E-state index is -0.469. The van der Waals surface area contributed by atoms with Crippen LogP contribution in [0.5, 0.6) is 0 Å². The number of benzene rings is 1. The maximum absolute atomic E-state index is 12.0. The number of aromatic nitrogens is 3. The highest BCUT2D eigenvalue weighted by Crippen LogP contribution is 2.09. The standard InChI is InChI=1S/C10H8N4O2/c11-7-8-12-6-4-2-1-3-5(6)10(16)14(8)13-9(7)15/h1-4,12H,11H2,(H,13,15). The molecule has 80 valence electrons. The number of fused-ring (bicyclic) bond motifs is 2. The van der Waals surface area contributed by atoms with Crippen LogP contribution in [0.3, 0.4) is 0 Å². The molecule has 0 aliphatic rings. The molecule has 3 aromatic rings. The number of nitrogen functional groups attached to an aromatic ring is 1. The van der Waals surface area contributed by atoms with Gasteiger partial charge in [-0.2, -0.15) is 4.52 Å². The number of nitrogens with one attached hydrogen (secondary N) is 2. The van der Waals surface area contributed by atoms with Gasteiger partial charge in [-0.25, -0.2) is 0 Å². The van der Waals surface area contributed by atoms with Gasteiger partial charge in [-0.3, -0.25) is 14.7 Å². The largest absolute Gasteiger partial charge is 0.391 e. The lowest BCUT2D eigenvalue weighted by molar-refractivity contribution is 0.897. The third kappa shape index (κ3) is 0.952. The Bertz CT molecular complexity index is 809. The lowest BCUT2D eigenvalue weighted by Gasteiger charge is -1.99. The maximum atomic E-state index is 12.0. The monoisotopic (exact) mass is 216 g/mol. The van der Waals surface area contributed by atoms with Crippen LogP contribution < -0.4 is 16.9 Å². The van der Waals surface area contributed by atoms with E-state index in [2.05, 4.69) is 10.1 Å². The smallest absolute Gasteiger partial charge is 0.289 e. The van der Waals surface area contributed by atoms with Gasteiger partial charge in [0.15, 0.2) is 5.65 Å². The van der Waals surface area contributed by atoms with Gasteiger partial charge >= 0.3 is 0 Å². The Morgan fingerprint density at radius 2 is 1.94 bits per heavy atom. The molecule has 16 heavy (non-hydrogen) atoms. The molecule has 0 unspecified atom stereocenters. The van der Waals surface area contributed by atoms with E-state index in [9.17, 15) is 9.59 Å². The summed E-state index contributed by atoms with van der Waals surface area (Å²) in [5.41, 5.74) is 5.77. The zero-order valence-electron chi connectivity index (χ0n) is 8.15. The van der Waals surface area contributed by atoms with Crippen LogP contribution in [0.15, 0.2) is 33.9 Å². The van der Waals surface area contributed by atoms with E-state index in [0.29, 0.717) is 16.6 Å². The molecule has 0 bridgehead atoms. The molecule has 0 fully saturated rings. The van der Waals surface area contributed by atoms with E-state index in [1.165, 1.54) is 0 Å². The molecule has 0 amide bonds. The first kappa shape index (κ1) is 8.78. The number of anilines is 1. The highest BCUT2D eigenvalue weighted by Gasteiger charge is 2.10. The molecule has 0 saturated heterocycles. The number of aromatic amines is 2. The minimum absolute atomic E-state index is 0.0165. The van der Waals surface area contributed by atoms with E-state index in [0.717, 1.165) is 4.52 Å². The number of H-pyrrole nitrogens is 2. The van der Waals surface area contributed by atoms with Crippen molar-refractivity contribution in [2.75, 3.05) is 5.73 Å². The lowest BCUT2D eigenvalue weighted by atomic mass is 10.2. The number of nitrogens with two attached hydrogens (primary N) is 1. The van der Waals surface area contributed by atoms with Gasteiger partial charge in [0.2, 0.25) is 0 Å². The van der Waals surface area contributed by atoms with Crippen molar-refractivity contribution in [1.29, 1.82) is 0 Å². The molecular weight excluding hydrogens is 208 g/mol. The first-order chi connectivity index (χ1) is 7.68. The van der Waals surface area contributed by atoms with Gasteiger partial charge in [0.25, 0.3) is 11.1 Å². The highest BCUT2D eigenvalue weighted by molar-refractivity contribution is 5.81. The van der Waals surface area contributed by atoms with Crippen LogP contribution in [0.1, 0.15) is 0 Å². The molecule has 6 heteroatoms. The highest BCUT2D eigenvalue weighted by atomic mass is 16.1. The van der Waals surface area contributed by atoms with Gasteiger partial charge in [0, 0.05) is 0 Å². The molecular formula is C10H8N4O2. The molecule has 0 radical (unpaired) electrons. The summed E-state index contributed by atoms with van der Waals surface area (Å²) in [5.74, 6) is 0. The molecule has 2 heterocycles. The van der Waals surface area contributed by atoms with Crippen LogP contribution in [0.4, 0.5) is 5.69 Å². The zero-order valence-corrected chi connectivity index (χ0v) is 8.15. The van der Waals surface area contributed by atoms with Crippen LogP contribution in [-0.2, 0) is 0 Å². The molecule has 0 aliphatic carbocycles. The summed E-state index contributed by atoms with van der Waals surface area (Å²) in [6, 6.07) is 7.00. The number of hydrogen-bond acceptors (Lipinski definition) is 3. The molecule has 0 aliphatic heterocycles. The van der Waals surface area contributed by atoms with Gasteiger partial charge in [0.1, 0.15) is 5.69 Å². The summed E-state index contributed by atoms with van der Waals surface area (Å²) in [7, 11) is 0. The molecule has 1 aromatic carbocycles.